The molecular formula is C27H29BrN8O2. The summed E-state index contributed by atoms with van der Waals surface area (Å²) in [4.78, 5) is 17.7. The predicted molar refractivity (Wildman–Crippen MR) is 149 cm³/mol. The van der Waals surface area contributed by atoms with Gasteiger partial charge in [0.1, 0.15) is 19.0 Å². The van der Waals surface area contributed by atoms with Gasteiger partial charge in [-0.3, -0.25) is 4.79 Å². The Bertz CT molecular complexity index is 1660. The van der Waals surface area contributed by atoms with Gasteiger partial charge in [0.2, 0.25) is 5.91 Å². The van der Waals surface area contributed by atoms with Crippen LogP contribution in [0.1, 0.15) is 28.5 Å². The zero-order valence-electron chi connectivity index (χ0n) is 22.2. The topological polar surface area (TPSA) is 105 Å². The summed E-state index contributed by atoms with van der Waals surface area (Å²) < 4.78 is 11.6. The standard InChI is InChI=1S/C27H29BrN8O2/c1-15-24-22(20-7-9-21(38-6)10-8-20)11-12-29-27(24)34(31-15)13-23(37)30-26-17(3)33-36(19(26)5)14-35-18(4)25(28)16(2)32-35/h7-12H,13-14H2,1-6H3,(H,30,37). The van der Waals surface area contributed by atoms with E-state index >= 15 is 0 Å². The summed E-state index contributed by atoms with van der Waals surface area (Å²) in [5, 5.41) is 17.8. The van der Waals surface area contributed by atoms with E-state index in [1.54, 1.807) is 18.0 Å². The SMILES string of the molecule is COc1ccc(-c2ccnc3c2c(C)nn3CC(=O)Nc2c(C)nn(Cn3nc(C)c(Br)c3C)c2C)cc1. The molecule has 4 heterocycles. The van der Waals surface area contributed by atoms with Crippen molar-refractivity contribution in [2.45, 2.75) is 47.8 Å². The monoisotopic (exact) mass is 576 g/mol. The third-order valence-corrected chi connectivity index (χ3v) is 7.86. The smallest absolute Gasteiger partial charge is 0.246 e. The van der Waals surface area contributed by atoms with Crippen molar-refractivity contribution in [1.29, 1.82) is 0 Å². The van der Waals surface area contributed by atoms with Gasteiger partial charge in [-0.15, -0.1) is 0 Å². The highest BCUT2D eigenvalue weighted by molar-refractivity contribution is 9.10. The largest absolute Gasteiger partial charge is 0.497 e. The molecule has 0 saturated heterocycles. The number of benzene rings is 1. The first-order valence-corrected chi connectivity index (χ1v) is 13.0. The number of methoxy groups -OCH3 is 1. The third kappa shape index (κ3) is 4.58. The summed E-state index contributed by atoms with van der Waals surface area (Å²) in [6.07, 6.45) is 1.74. The van der Waals surface area contributed by atoms with Gasteiger partial charge >= 0.3 is 0 Å². The Morgan fingerprint density at radius 2 is 1.55 bits per heavy atom. The van der Waals surface area contributed by atoms with Gasteiger partial charge < -0.3 is 10.1 Å². The molecule has 0 fully saturated rings. The summed E-state index contributed by atoms with van der Waals surface area (Å²) in [6.45, 7) is 10.2. The molecule has 1 amide bonds. The number of hydrogen-bond donors (Lipinski definition) is 1. The van der Waals surface area contributed by atoms with Crippen molar-refractivity contribution in [3.05, 3.63) is 69.5 Å². The number of ether oxygens (including phenoxy) is 1. The molecule has 0 unspecified atom stereocenters. The number of anilines is 1. The molecule has 5 aromatic rings. The Morgan fingerprint density at radius 1 is 0.895 bits per heavy atom. The number of halogens is 1. The van der Waals surface area contributed by atoms with E-state index in [0.717, 1.165) is 55.2 Å². The molecule has 1 aromatic carbocycles. The van der Waals surface area contributed by atoms with Gasteiger partial charge in [-0.25, -0.2) is 19.0 Å². The number of nitrogens with one attached hydrogen (secondary N) is 1. The first-order chi connectivity index (χ1) is 18.2. The Kier molecular flexibility index (Phi) is 6.78. The molecular weight excluding hydrogens is 548 g/mol. The molecule has 0 aliphatic carbocycles. The summed E-state index contributed by atoms with van der Waals surface area (Å²) in [7, 11) is 1.65. The highest BCUT2D eigenvalue weighted by atomic mass is 79.9. The van der Waals surface area contributed by atoms with E-state index in [1.807, 2.05) is 74.3 Å². The molecule has 5 rings (SSSR count). The van der Waals surface area contributed by atoms with Crippen molar-refractivity contribution in [3.8, 4) is 16.9 Å². The Morgan fingerprint density at radius 3 is 2.21 bits per heavy atom. The second-order valence-electron chi connectivity index (χ2n) is 9.25. The van der Waals surface area contributed by atoms with Gasteiger partial charge in [0.05, 0.1) is 45.7 Å². The van der Waals surface area contributed by atoms with Gasteiger partial charge in [-0.05, 0) is 79.9 Å². The fraction of sp³-hybridized carbons (Fsp3) is 0.296. The highest BCUT2D eigenvalue weighted by Crippen LogP contribution is 2.31. The summed E-state index contributed by atoms with van der Waals surface area (Å²) >= 11 is 3.57. The zero-order valence-corrected chi connectivity index (χ0v) is 23.8. The lowest BCUT2D eigenvalue weighted by molar-refractivity contribution is -0.116. The van der Waals surface area contributed by atoms with Crippen LogP contribution in [0.25, 0.3) is 22.2 Å². The Labute approximate surface area is 228 Å². The molecule has 0 spiro atoms. The molecule has 0 aliphatic heterocycles. The van der Waals surface area contributed by atoms with Gasteiger partial charge in [0, 0.05) is 11.6 Å². The van der Waals surface area contributed by atoms with E-state index in [1.165, 1.54) is 0 Å². The van der Waals surface area contributed by atoms with Crippen molar-refractivity contribution in [3.63, 3.8) is 0 Å². The Hall–Kier alpha value is -3.99. The molecule has 0 aliphatic rings. The number of rotatable bonds is 7. The number of carbonyl (C=O) groups is 1. The molecule has 1 N–H and O–H groups in total. The minimum Gasteiger partial charge on any atom is -0.497 e. The average molecular weight is 577 g/mol. The van der Waals surface area contributed by atoms with Crippen LogP contribution in [0.15, 0.2) is 41.0 Å². The van der Waals surface area contributed by atoms with Crippen LogP contribution in [0.3, 0.4) is 0 Å². The van der Waals surface area contributed by atoms with Crippen molar-refractivity contribution in [1.82, 2.24) is 34.3 Å². The molecule has 0 radical (unpaired) electrons. The van der Waals surface area contributed by atoms with Gasteiger partial charge in [0.25, 0.3) is 0 Å². The molecule has 0 atom stereocenters. The lowest BCUT2D eigenvalue weighted by Crippen LogP contribution is -2.20. The number of fused-ring (bicyclic) bond motifs is 1. The van der Waals surface area contributed by atoms with Crippen molar-refractivity contribution < 1.29 is 9.53 Å². The molecule has 196 valence electrons. The number of pyridine rings is 1. The molecule has 38 heavy (non-hydrogen) atoms. The lowest BCUT2D eigenvalue weighted by Gasteiger charge is -2.09. The average Bonchev–Trinajstić information content (AvgIpc) is 3.46. The van der Waals surface area contributed by atoms with Crippen LogP contribution in [-0.2, 0) is 18.0 Å². The maximum Gasteiger partial charge on any atom is 0.246 e. The second kappa shape index (κ2) is 10.1. The van der Waals surface area contributed by atoms with E-state index in [9.17, 15) is 4.79 Å². The van der Waals surface area contributed by atoms with Crippen LogP contribution in [0.2, 0.25) is 0 Å². The van der Waals surface area contributed by atoms with Crippen LogP contribution in [0.5, 0.6) is 5.75 Å². The molecule has 0 saturated carbocycles. The quantitative estimate of drug-likeness (QED) is 0.294. The number of nitrogens with zero attached hydrogens (tertiary/aromatic N) is 7. The van der Waals surface area contributed by atoms with Crippen LogP contribution in [-0.4, -0.2) is 47.3 Å². The fourth-order valence-electron chi connectivity index (χ4n) is 4.67. The van der Waals surface area contributed by atoms with Gasteiger partial charge in [-0.1, -0.05) is 12.1 Å². The molecule has 4 aromatic heterocycles. The van der Waals surface area contributed by atoms with Crippen molar-refractivity contribution in [2.24, 2.45) is 0 Å². The third-order valence-electron chi connectivity index (χ3n) is 6.71. The Balaban J connectivity index is 1.38. The molecule has 0 bridgehead atoms. The van der Waals surface area contributed by atoms with Gasteiger partial charge in [0.15, 0.2) is 5.65 Å². The lowest BCUT2D eigenvalue weighted by atomic mass is 10.0. The number of amides is 1. The number of aromatic nitrogens is 7. The van der Waals surface area contributed by atoms with E-state index in [-0.39, 0.29) is 12.5 Å². The van der Waals surface area contributed by atoms with Crippen LogP contribution >= 0.6 is 15.9 Å². The van der Waals surface area contributed by atoms with E-state index in [4.69, 9.17) is 4.74 Å². The molecule has 10 nitrogen and oxygen atoms in total. The van der Waals surface area contributed by atoms with Crippen LogP contribution in [0, 0.1) is 34.6 Å². The number of carbonyl (C=O) groups excluding carboxylic acids is 1. The minimum atomic E-state index is -0.203. The predicted octanol–water partition coefficient (Wildman–Crippen LogP) is 4.95. The fourth-order valence-corrected chi connectivity index (χ4v) is 4.96. The zero-order chi connectivity index (χ0) is 27.1. The van der Waals surface area contributed by atoms with Crippen molar-refractivity contribution >= 4 is 38.6 Å². The summed E-state index contributed by atoms with van der Waals surface area (Å²) in [5.41, 5.74) is 7.71. The minimum absolute atomic E-state index is 0.0257. The van der Waals surface area contributed by atoms with E-state index in [0.29, 0.717) is 18.0 Å². The molecule has 11 heteroatoms. The summed E-state index contributed by atoms with van der Waals surface area (Å²) in [6, 6.07) is 9.82. The van der Waals surface area contributed by atoms with Gasteiger partial charge in [-0.2, -0.15) is 15.3 Å². The summed E-state index contributed by atoms with van der Waals surface area (Å²) in [5.74, 6) is 0.588. The first kappa shape index (κ1) is 25.7. The maximum absolute atomic E-state index is 13.2. The van der Waals surface area contributed by atoms with Crippen LogP contribution < -0.4 is 10.1 Å². The first-order valence-electron chi connectivity index (χ1n) is 12.2. The normalized spacial score (nSPS) is 11.3. The van der Waals surface area contributed by atoms with Crippen molar-refractivity contribution in [2.75, 3.05) is 12.4 Å². The van der Waals surface area contributed by atoms with Crippen LogP contribution in [0.4, 0.5) is 5.69 Å². The van der Waals surface area contributed by atoms with E-state index in [2.05, 4.69) is 41.5 Å². The highest BCUT2D eigenvalue weighted by Gasteiger charge is 2.19. The number of hydrogen-bond acceptors (Lipinski definition) is 6. The second-order valence-corrected chi connectivity index (χ2v) is 10.0. The number of aryl methyl sites for hydroxylation is 3. The van der Waals surface area contributed by atoms with E-state index < -0.39 is 0 Å². The maximum atomic E-state index is 13.2.